The zero-order valence-electron chi connectivity index (χ0n) is 9.83. The third-order valence-corrected chi connectivity index (χ3v) is 4.42. The molecule has 0 saturated carbocycles. The molecule has 0 fully saturated rings. The zero-order chi connectivity index (χ0) is 12.9. The van der Waals surface area contributed by atoms with Crippen molar-refractivity contribution in [1.29, 1.82) is 0 Å². The molecule has 0 atom stereocenters. The van der Waals surface area contributed by atoms with Crippen LogP contribution in [-0.2, 0) is 10.0 Å². The molecule has 0 unspecified atom stereocenters. The minimum absolute atomic E-state index is 0.302. The van der Waals surface area contributed by atoms with E-state index in [9.17, 15) is 8.42 Å². The number of hydrogen-bond donors (Lipinski definition) is 1. The van der Waals surface area contributed by atoms with E-state index in [0.29, 0.717) is 23.7 Å². The maximum absolute atomic E-state index is 12.3. The van der Waals surface area contributed by atoms with Crippen molar-refractivity contribution in [3.8, 4) is 0 Å². The third-order valence-electron chi connectivity index (χ3n) is 2.34. The van der Waals surface area contributed by atoms with E-state index in [1.807, 2.05) is 6.92 Å². The Hall–Kier alpha value is -0.780. The molecule has 0 aliphatic heterocycles. The second kappa shape index (κ2) is 6.23. The molecule has 0 aliphatic carbocycles. The van der Waals surface area contributed by atoms with Gasteiger partial charge in [0.2, 0.25) is 10.0 Å². The zero-order valence-corrected chi connectivity index (χ0v) is 11.5. The van der Waals surface area contributed by atoms with Crippen LogP contribution in [0.1, 0.15) is 5.56 Å². The molecule has 0 N–H and O–H groups in total. The summed E-state index contributed by atoms with van der Waals surface area (Å²) in [5.74, 6) is 0.485. The van der Waals surface area contributed by atoms with E-state index in [1.54, 1.807) is 30.3 Å². The SMILES string of the molecule is C=CCN(CCS)S(=O)(=O)c1ccc(C)cc1. The highest BCUT2D eigenvalue weighted by Crippen LogP contribution is 2.16. The minimum atomic E-state index is -3.43. The lowest BCUT2D eigenvalue weighted by atomic mass is 10.2. The first-order chi connectivity index (χ1) is 8.02. The largest absolute Gasteiger partial charge is 0.243 e. The molecule has 5 heteroatoms. The molecule has 0 radical (unpaired) electrons. The average Bonchev–Trinajstić information content (AvgIpc) is 2.29. The van der Waals surface area contributed by atoms with Crippen molar-refractivity contribution in [3.63, 3.8) is 0 Å². The Labute approximate surface area is 109 Å². The third kappa shape index (κ3) is 3.59. The molecule has 0 heterocycles. The molecule has 0 aliphatic rings. The van der Waals surface area contributed by atoms with E-state index in [2.05, 4.69) is 19.2 Å². The van der Waals surface area contributed by atoms with Crippen molar-refractivity contribution in [2.24, 2.45) is 0 Å². The van der Waals surface area contributed by atoms with Gasteiger partial charge in [0.15, 0.2) is 0 Å². The Morgan fingerprint density at radius 2 is 1.94 bits per heavy atom. The fourth-order valence-electron chi connectivity index (χ4n) is 1.42. The summed E-state index contributed by atoms with van der Waals surface area (Å²) in [4.78, 5) is 0.312. The second-order valence-electron chi connectivity index (χ2n) is 3.69. The van der Waals surface area contributed by atoms with E-state index < -0.39 is 10.0 Å². The normalized spacial score (nSPS) is 11.7. The van der Waals surface area contributed by atoms with Gasteiger partial charge in [0, 0.05) is 18.8 Å². The highest BCUT2D eigenvalue weighted by Gasteiger charge is 2.22. The highest BCUT2D eigenvalue weighted by atomic mass is 32.2. The van der Waals surface area contributed by atoms with E-state index in [-0.39, 0.29) is 0 Å². The van der Waals surface area contributed by atoms with E-state index in [0.717, 1.165) is 5.56 Å². The number of sulfonamides is 1. The van der Waals surface area contributed by atoms with Crippen LogP contribution in [0, 0.1) is 6.92 Å². The number of thiol groups is 1. The number of nitrogens with zero attached hydrogens (tertiary/aromatic N) is 1. The number of benzene rings is 1. The van der Waals surface area contributed by atoms with Crippen molar-refractivity contribution in [2.75, 3.05) is 18.8 Å². The monoisotopic (exact) mass is 271 g/mol. The van der Waals surface area contributed by atoms with Crippen molar-refractivity contribution in [3.05, 3.63) is 42.5 Å². The van der Waals surface area contributed by atoms with E-state index >= 15 is 0 Å². The van der Waals surface area contributed by atoms with Crippen LogP contribution >= 0.6 is 12.6 Å². The molecule has 0 bridgehead atoms. The van der Waals surface area contributed by atoms with Gasteiger partial charge in [-0.05, 0) is 19.1 Å². The maximum atomic E-state index is 12.3. The Bertz CT molecular complexity index is 466. The van der Waals surface area contributed by atoms with Gasteiger partial charge < -0.3 is 0 Å². The van der Waals surface area contributed by atoms with Gasteiger partial charge in [-0.1, -0.05) is 23.8 Å². The summed E-state index contributed by atoms with van der Waals surface area (Å²) in [5.41, 5.74) is 1.04. The Balaban J connectivity index is 3.06. The van der Waals surface area contributed by atoms with Crippen LogP contribution in [-0.4, -0.2) is 31.6 Å². The first-order valence-electron chi connectivity index (χ1n) is 5.31. The first kappa shape index (κ1) is 14.3. The Morgan fingerprint density at radius 3 is 2.41 bits per heavy atom. The van der Waals surface area contributed by atoms with Gasteiger partial charge >= 0.3 is 0 Å². The summed E-state index contributed by atoms with van der Waals surface area (Å²) in [6, 6.07) is 6.83. The van der Waals surface area contributed by atoms with E-state index in [4.69, 9.17) is 0 Å². The van der Waals surface area contributed by atoms with Gasteiger partial charge in [-0.2, -0.15) is 16.9 Å². The number of rotatable bonds is 6. The van der Waals surface area contributed by atoms with Crippen molar-refractivity contribution >= 4 is 22.7 Å². The first-order valence-corrected chi connectivity index (χ1v) is 7.38. The minimum Gasteiger partial charge on any atom is -0.207 e. The molecular formula is C12H17NO2S2. The summed E-state index contributed by atoms with van der Waals surface area (Å²) >= 11 is 4.07. The lowest BCUT2D eigenvalue weighted by Crippen LogP contribution is -2.32. The van der Waals surface area contributed by atoms with Crippen molar-refractivity contribution in [2.45, 2.75) is 11.8 Å². The van der Waals surface area contributed by atoms with Gasteiger partial charge in [-0.15, -0.1) is 6.58 Å². The van der Waals surface area contributed by atoms with Crippen LogP contribution in [0.15, 0.2) is 41.8 Å². The van der Waals surface area contributed by atoms with Gasteiger partial charge in [0.1, 0.15) is 0 Å². The molecule has 1 rings (SSSR count). The van der Waals surface area contributed by atoms with Crippen LogP contribution in [0.4, 0.5) is 0 Å². The molecule has 1 aromatic rings. The summed E-state index contributed by atoms with van der Waals surface area (Å²) in [7, 11) is -3.43. The Kier molecular flexibility index (Phi) is 5.24. The molecule has 0 aromatic heterocycles. The summed E-state index contributed by atoms with van der Waals surface area (Å²) in [5, 5.41) is 0. The molecule has 94 valence electrons. The molecule has 3 nitrogen and oxygen atoms in total. The molecule has 1 aromatic carbocycles. The second-order valence-corrected chi connectivity index (χ2v) is 6.07. The molecule has 0 saturated heterocycles. The van der Waals surface area contributed by atoms with Crippen LogP contribution in [0.2, 0.25) is 0 Å². The summed E-state index contributed by atoms with van der Waals surface area (Å²) in [6.07, 6.45) is 1.58. The fraction of sp³-hybridized carbons (Fsp3) is 0.333. The van der Waals surface area contributed by atoms with Gasteiger partial charge in [-0.3, -0.25) is 0 Å². The van der Waals surface area contributed by atoms with Gasteiger partial charge in [0.05, 0.1) is 4.90 Å². The van der Waals surface area contributed by atoms with Crippen molar-refractivity contribution < 1.29 is 8.42 Å². The van der Waals surface area contributed by atoms with Crippen LogP contribution < -0.4 is 0 Å². The quantitative estimate of drug-likeness (QED) is 0.635. The average molecular weight is 271 g/mol. The lowest BCUT2D eigenvalue weighted by Gasteiger charge is -2.19. The fourth-order valence-corrected chi connectivity index (χ4v) is 3.21. The highest BCUT2D eigenvalue weighted by molar-refractivity contribution is 7.89. The molecule has 0 spiro atoms. The lowest BCUT2D eigenvalue weighted by molar-refractivity contribution is 0.462. The number of aryl methyl sites for hydroxylation is 1. The van der Waals surface area contributed by atoms with E-state index in [1.165, 1.54) is 4.31 Å². The predicted molar refractivity (Wildman–Crippen MR) is 74.0 cm³/mol. The number of hydrogen-bond acceptors (Lipinski definition) is 3. The van der Waals surface area contributed by atoms with Crippen LogP contribution in [0.3, 0.4) is 0 Å². The molecule has 17 heavy (non-hydrogen) atoms. The maximum Gasteiger partial charge on any atom is 0.243 e. The van der Waals surface area contributed by atoms with Crippen LogP contribution in [0.5, 0.6) is 0 Å². The predicted octanol–water partition coefficient (Wildman–Crippen LogP) is 2.10. The molecule has 0 amide bonds. The van der Waals surface area contributed by atoms with Gasteiger partial charge in [-0.25, -0.2) is 8.42 Å². The summed E-state index contributed by atoms with van der Waals surface area (Å²) in [6.45, 7) is 6.18. The Morgan fingerprint density at radius 1 is 1.35 bits per heavy atom. The van der Waals surface area contributed by atoms with Gasteiger partial charge in [0.25, 0.3) is 0 Å². The standard InChI is InChI=1S/C12H17NO2S2/c1-3-8-13(9-10-16)17(14,15)12-6-4-11(2)5-7-12/h3-7,16H,1,8-10H2,2H3. The topological polar surface area (TPSA) is 37.4 Å². The van der Waals surface area contributed by atoms with Crippen molar-refractivity contribution in [1.82, 2.24) is 4.31 Å². The van der Waals surface area contributed by atoms with Crippen LogP contribution in [0.25, 0.3) is 0 Å². The molecular weight excluding hydrogens is 254 g/mol. The smallest absolute Gasteiger partial charge is 0.207 e. The summed E-state index contributed by atoms with van der Waals surface area (Å²) < 4.78 is 25.9.